The van der Waals surface area contributed by atoms with Gasteiger partial charge < -0.3 is 10.6 Å². The minimum absolute atomic E-state index is 0.327. The highest BCUT2D eigenvalue weighted by molar-refractivity contribution is 5.87. The predicted molar refractivity (Wildman–Crippen MR) is 97.7 cm³/mol. The van der Waals surface area contributed by atoms with Crippen LogP contribution >= 0.6 is 0 Å². The molecule has 2 fully saturated rings. The van der Waals surface area contributed by atoms with Crippen LogP contribution < -0.4 is 10.6 Å². The van der Waals surface area contributed by atoms with E-state index in [0.29, 0.717) is 17.9 Å². The van der Waals surface area contributed by atoms with Gasteiger partial charge >= 0.3 is 0 Å². The van der Waals surface area contributed by atoms with E-state index in [1.165, 1.54) is 12.8 Å². The standard InChI is InChI=1S/C19H22N6/c20-17-8-4-5-13-10-24(11-16(13)17)18-15-9-23-25(19(15)22-12-21-18)14-6-2-1-3-7-14/h1-3,6-7,9,12-13,16-17H,4-5,8,10-11,20H2. The second-order valence-corrected chi connectivity index (χ2v) is 7.25. The number of hydrogen-bond donors (Lipinski definition) is 1. The average Bonchev–Trinajstić information content (AvgIpc) is 3.27. The first-order valence-electron chi connectivity index (χ1n) is 9.06. The summed E-state index contributed by atoms with van der Waals surface area (Å²) in [7, 11) is 0. The molecule has 3 atom stereocenters. The van der Waals surface area contributed by atoms with Crippen molar-refractivity contribution in [2.24, 2.45) is 17.6 Å². The van der Waals surface area contributed by atoms with E-state index < -0.39 is 0 Å². The van der Waals surface area contributed by atoms with Crippen LogP contribution in [0.4, 0.5) is 5.82 Å². The second kappa shape index (κ2) is 5.81. The zero-order valence-electron chi connectivity index (χ0n) is 14.1. The number of nitrogens with zero attached hydrogens (tertiary/aromatic N) is 5. The molecule has 3 unspecified atom stereocenters. The normalized spacial score (nSPS) is 26.1. The zero-order valence-corrected chi connectivity index (χ0v) is 14.1. The topological polar surface area (TPSA) is 72.9 Å². The van der Waals surface area contributed by atoms with Crippen molar-refractivity contribution in [2.75, 3.05) is 18.0 Å². The van der Waals surface area contributed by atoms with Gasteiger partial charge in [-0.1, -0.05) is 24.6 Å². The van der Waals surface area contributed by atoms with Gasteiger partial charge in [0.15, 0.2) is 5.65 Å². The molecule has 128 valence electrons. The molecule has 2 aliphatic rings. The van der Waals surface area contributed by atoms with Crippen LogP contribution in [0.3, 0.4) is 0 Å². The van der Waals surface area contributed by atoms with Crippen LogP contribution in [0.15, 0.2) is 42.9 Å². The van der Waals surface area contributed by atoms with Crippen molar-refractivity contribution in [3.05, 3.63) is 42.9 Å². The molecule has 2 N–H and O–H groups in total. The van der Waals surface area contributed by atoms with Gasteiger partial charge in [0.2, 0.25) is 0 Å². The zero-order chi connectivity index (χ0) is 16.8. The number of para-hydroxylation sites is 1. The number of hydrogen-bond acceptors (Lipinski definition) is 5. The molecule has 0 amide bonds. The summed E-state index contributed by atoms with van der Waals surface area (Å²) in [4.78, 5) is 11.5. The third kappa shape index (κ3) is 2.40. The van der Waals surface area contributed by atoms with Gasteiger partial charge in [-0.2, -0.15) is 5.10 Å². The molecule has 0 radical (unpaired) electrons. The fourth-order valence-electron chi connectivity index (χ4n) is 4.53. The van der Waals surface area contributed by atoms with Gasteiger partial charge in [0.1, 0.15) is 12.1 Å². The van der Waals surface area contributed by atoms with E-state index in [0.717, 1.165) is 42.0 Å². The molecule has 0 spiro atoms. The molecule has 1 aliphatic heterocycles. The molecular formula is C19H22N6. The summed E-state index contributed by atoms with van der Waals surface area (Å²) in [5.74, 6) is 2.27. The Morgan fingerprint density at radius 3 is 2.76 bits per heavy atom. The fraction of sp³-hybridized carbons (Fsp3) is 0.421. The molecule has 3 heterocycles. The van der Waals surface area contributed by atoms with Gasteiger partial charge in [0, 0.05) is 19.1 Å². The minimum atomic E-state index is 0.327. The Bertz CT molecular complexity index is 889. The van der Waals surface area contributed by atoms with Gasteiger partial charge in [-0.3, -0.25) is 0 Å². The van der Waals surface area contributed by atoms with Gasteiger partial charge in [-0.25, -0.2) is 14.6 Å². The summed E-state index contributed by atoms with van der Waals surface area (Å²) in [6.45, 7) is 2.04. The van der Waals surface area contributed by atoms with Crippen molar-refractivity contribution in [3.8, 4) is 5.69 Å². The Labute approximate surface area is 146 Å². The van der Waals surface area contributed by atoms with E-state index in [9.17, 15) is 0 Å². The maximum absolute atomic E-state index is 6.38. The Kier molecular flexibility index (Phi) is 3.45. The number of aromatic nitrogens is 4. The monoisotopic (exact) mass is 334 g/mol. The molecule has 3 aromatic rings. The SMILES string of the molecule is NC1CCCC2CN(c3ncnc4c3cnn4-c3ccccc3)CC12. The van der Waals surface area contributed by atoms with Gasteiger partial charge in [-0.15, -0.1) is 0 Å². The van der Waals surface area contributed by atoms with Gasteiger partial charge in [-0.05, 0) is 36.8 Å². The van der Waals surface area contributed by atoms with Crippen LogP contribution in [0, 0.1) is 11.8 Å². The Morgan fingerprint density at radius 1 is 1.04 bits per heavy atom. The van der Waals surface area contributed by atoms with E-state index in [1.807, 2.05) is 41.2 Å². The van der Waals surface area contributed by atoms with E-state index in [2.05, 4.69) is 20.0 Å². The number of anilines is 1. The molecule has 1 aromatic carbocycles. The molecule has 25 heavy (non-hydrogen) atoms. The van der Waals surface area contributed by atoms with Crippen LogP contribution in [-0.2, 0) is 0 Å². The molecule has 5 rings (SSSR count). The van der Waals surface area contributed by atoms with Crippen molar-refractivity contribution in [1.82, 2.24) is 19.7 Å². The quantitative estimate of drug-likeness (QED) is 0.779. The highest BCUT2D eigenvalue weighted by Gasteiger charge is 2.39. The molecule has 1 saturated heterocycles. The van der Waals surface area contributed by atoms with E-state index in [4.69, 9.17) is 5.73 Å². The average molecular weight is 334 g/mol. The molecule has 1 aliphatic carbocycles. The van der Waals surface area contributed by atoms with E-state index in [-0.39, 0.29) is 0 Å². The lowest BCUT2D eigenvalue weighted by Gasteiger charge is -2.29. The number of benzene rings is 1. The molecule has 6 heteroatoms. The Morgan fingerprint density at radius 2 is 1.92 bits per heavy atom. The summed E-state index contributed by atoms with van der Waals surface area (Å²) in [6, 6.07) is 10.4. The first kappa shape index (κ1) is 14.8. The van der Waals surface area contributed by atoms with E-state index >= 15 is 0 Å². The lowest BCUT2D eigenvalue weighted by atomic mass is 9.78. The van der Waals surface area contributed by atoms with Crippen LogP contribution in [0.2, 0.25) is 0 Å². The molecule has 1 saturated carbocycles. The third-order valence-corrected chi connectivity index (χ3v) is 5.80. The summed E-state index contributed by atoms with van der Waals surface area (Å²) in [5.41, 5.74) is 8.25. The largest absolute Gasteiger partial charge is 0.355 e. The maximum Gasteiger partial charge on any atom is 0.168 e. The number of fused-ring (bicyclic) bond motifs is 2. The molecule has 2 aromatic heterocycles. The summed E-state index contributed by atoms with van der Waals surface area (Å²) in [6.07, 6.45) is 7.23. The van der Waals surface area contributed by atoms with Crippen LogP contribution in [0.25, 0.3) is 16.7 Å². The molecule has 6 nitrogen and oxygen atoms in total. The summed E-state index contributed by atoms with van der Waals surface area (Å²) in [5, 5.41) is 5.58. The minimum Gasteiger partial charge on any atom is -0.355 e. The van der Waals surface area contributed by atoms with Crippen molar-refractivity contribution in [3.63, 3.8) is 0 Å². The van der Waals surface area contributed by atoms with Crippen molar-refractivity contribution in [2.45, 2.75) is 25.3 Å². The summed E-state index contributed by atoms with van der Waals surface area (Å²) < 4.78 is 1.88. The van der Waals surface area contributed by atoms with Crippen molar-refractivity contribution >= 4 is 16.9 Å². The number of nitrogens with two attached hydrogens (primary N) is 1. The second-order valence-electron chi connectivity index (χ2n) is 7.25. The van der Waals surface area contributed by atoms with Crippen LogP contribution in [-0.4, -0.2) is 38.9 Å². The highest BCUT2D eigenvalue weighted by atomic mass is 15.3. The fourth-order valence-corrected chi connectivity index (χ4v) is 4.53. The van der Waals surface area contributed by atoms with Crippen molar-refractivity contribution < 1.29 is 0 Å². The third-order valence-electron chi connectivity index (χ3n) is 5.80. The van der Waals surface area contributed by atoms with Crippen LogP contribution in [0.1, 0.15) is 19.3 Å². The number of rotatable bonds is 2. The van der Waals surface area contributed by atoms with Gasteiger partial charge in [0.25, 0.3) is 0 Å². The van der Waals surface area contributed by atoms with Crippen molar-refractivity contribution in [1.29, 1.82) is 0 Å². The maximum atomic E-state index is 6.38. The molecule has 0 bridgehead atoms. The van der Waals surface area contributed by atoms with Gasteiger partial charge in [0.05, 0.1) is 17.3 Å². The summed E-state index contributed by atoms with van der Waals surface area (Å²) >= 11 is 0. The van der Waals surface area contributed by atoms with Crippen LogP contribution in [0.5, 0.6) is 0 Å². The Hall–Kier alpha value is -2.47. The highest BCUT2D eigenvalue weighted by Crippen LogP contribution is 2.38. The van der Waals surface area contributed by atoms with E-state index in [1.54, 1.807) is 6.33 Å². The first-order chi connectivity index (χ1) is 12.3. The molecular weight excluding hydrogens is 312 g/mol. The Balaban J connectivity index is 1.54. The lowest BCUT2D eigenvalue weighted by Crippen LogP contribution is -2.38. The first-order valence-corrected chi connectivity index (χ1v) is 9.06. The lowest BCUT2D eigenvalue weighted by molar-refractivity contribution is 0.260. The predicted octanol–water partition coefficient (Wildman–Crippen LogP) is 2.38. The smallest absolute Gasteiger partial charge is 0.168 e.